The molecule has 0 saturated heterocycles. The summed E-state index contributed by atoms with van der Waals surface area (Å²) in [5.74, 6) is -1.39. The highest BCUT2D eigenvalue weighted by Crippen LogP contribution is 2.43. The Balaban J connectivity index is 1.71. The van der Waals surface area contributed by atoms with Crippen LogP contribution < -0.4 is 10.6 Å². The van der Waals surface area contributed by atoms with Gasteiger partial charge in [0.05, 0.1) is 63.2 Å². The SMILES string of the molecule is CCOC(=O)C1=C(c2ccccc2)NC(SCC(=O)Nc2cc(Cl)ccc2Cl)=C(C#N)[C@H]1c1ccco1. The van der Waals surface area contributed by atoms with Crippen LogP contribution in [0.4, 0.5) is 5.69 Å². The Labute approximate surface area is 228 Å². The Morgan fingerprint density at radius 3 is 2.62 bits per heavy atom. The highest BCUT2D eigenvalue weighted by molar-refractivity contribution is 8.03. The molecule has 4 rings (SSSR count). The van der Waals surface area contributed by atoms with Gasteiger partial charge in [-0.3, -0.25) is 4.79 Å². The summed E-state index contributed by atoms with van der Waals surface area (Å²) in [6.45, 7) is 1.88. The molecule has 7 nitrogen and oxygen atoms in total. The van der Waals surface area contributed by atoms with Crippen molar-refractivity contribution in [2.45, 2.75) is 12.8 Å². The maximum atomic E-state index is 13.2. The van der Waals surface area contributed by atoms with Gasteiger partial charge < -0.3 is 19.8 Å². The van der Waals surface area contributed by atoms with Crippen LogP contribution in [-0.4, -0.2) is 24.2 Å². The first-order chi connectivity index (χ1) is 17.9. The number of carbonyl (C=O) groups excluding carboxylic acids is 2. The van der Waals surface area contributed by atoms with E-state index in [1.54, 1.807) is 37.3 Å². The number of thioether (sulfide) groups is 1. The molecule has 1 amide bonds. The summed E-state index contributed by atoms with van der Waals surface area (Å²) in [5, 5.41) is 17.3. The highest BCUT2D eigenvalue weighted by Gasteiger charge is 2.38. The van der Waals surface area contributed by atoms with E-state index in [1.807, 2.05) is 30.3 Å². The second kappa shape index (κ2) is 12.1. The average molecular weight is 554 g/mol. The molecular formula is C27H21Cl2N3O4S. The van der Waals surface area contributed by atoms with E-state index in [2.05, 4.69) is 16.7 Å². The molecule has 2 heterocycles. The van der Waals surface area contributed by atoms with E-state index >= 15 is 0 Å². The number of nitriles is 1. The van der Waals surface area contributed by atoms with Gasteiger partial charge in [-0.15, -0.1) is 0 Å². The molecule has 2 aromatic carbocycles. The van der Waals surface area contributed by atoms with E-state index in [9.17, 15) is 14.9 Å². The number of benzene rings is 2. The van der Waals surface area contributed by atoms with Gasteiger partial charge in [0.25, 0.3) is 0 Å². The predicted molar refractivity (Wildman–Crippen MR) is 145 cm³/mol. The zero-order valence-electron chi connectivity index (χ0n) is 19.6. The van der Waals surface area contributed by atoms with Crippen LogP contribution in [0, 0.1) is 11.3 Å². The summed E-state index contributed by atoms with van der Waals surface area (Å²) in [7, 11) is 0. The van der Waals surface area contributed by atoms with Crippen molar-refractivity contribution >= 4 is 58.2 Å². The van der Waals surface area contributed by atoms with E-state index in [0.717, 1.165) is 11.8 Å². The van der Waals surface area contributed by atoms with Gasteiger partial charge in [0.15, 0.2) is 0 Å². The fourth-order valence-corrected chi connectivity index (χ4v) is 4.99. The van der Waals surface area contributed by atoms with Crippen molar-refractivity contribution in [3.8, 4) is 6.07 Å². The fourth-order valence-electron chi connectivity index (χ4n) is 3.82. The molecule has 0 fully saturated rings. The van der Waals surface area contributed by atoms with E-state index < -0.39 is 11.9 Å². The van der Waals surface area contributed by atoms with Crippen LogP contribution in [0.2, 0.25) is 10.0 Å². The third kappa shape index (κ3) is 6.03. The van der Waals surface area contributed by atoms with Crippen LogP contribution in [-0.2, 0) is 14.3 Å². The lowest BCUT2D eigenvalue weighted by atomic mass is 9.84. The maximum absolute atomic E-state index is 13.2. The van der Waals surface area contributed by atoms with Gasteiger partial charge >= 0.3 is 5.97 Å². The number of nitrogens with one attached hydrogen (secondary N) is 2. The first-order valence-electron chi connectivity index (χ1n) is 11.2. The molecule has 10 heteroatoms. The van der Waals surface area contributed by atoms with E-state index in [4.69, 9.17) is 32.4 Å². The molecule has 0 spiro atoms. The highest BCUT2D eigenvalue weighted by atomic mass is 35.5. The minimum absolute atomic E-state index is 0.0436. The van der Waals surface area contributed by atoms with Crippen molar-refractivity contribution in [3.05, 3.63) is 104 Å². The van der Waals surface area contributed by atoms with E-state index in [1.165, 1.54) is 6.26 Å². The topological polar surface area (TPSA) is 104 Å². The number of ether oxygens (including phenoxy) is 1. The lowest BCUT2D eigenvalue weighted by Crippen LogP contribution is -2.29. The molecule has 1 atom stereocenters. The molecule has 2 N–H and O–H groups in total. The zero-order valence-corrected chi connectivity index (χ0v) is 21.9. The Bertz CT molecular complexity index is 1410. The average Bonchev–Trinajstić information content (AvgIpc) is 3.44. The third-order valence-electron chi connectivity index (χ3n) is 5.39. The number of furan rings is 1. The van der Waals surface area contributed by atoms with Crippen LogP contribution in [0.25, 0.3) is 5.70 Å². The first-order valence-corrected chi connectivity index (χ1v) is 13.0. The van der Waals surface area contributed by atoms with Crippen LogP contribution in [0.15, 0.2) is 87.5 Å². The third-order valence-corrected chi connectivity index (χ3v) is 6.97. The van der Waals surface area contributed by atoms with Crippen molar-refractivity contribution in [1.82, 2.24) is 5.32 Å². The molecule has 0 radical (unpaired) electrons. The molecule has 188 valence electrons. The van der Waals surface area contributed by atoms with Gasteiger partial charge in [0.2, 0.25) is 5.91 Å². The molecule has 0 saturated carbocycles. The number of esters is 1. The Kier molecular flexibility index (Phi) is 8.62. The largest absolute Gasteiger partial charge is 0.468 e. The number of amides is 1. The number of anilines is 1. The molecule has 37 heavy (non-hydrogen) atoms. The molecule has 1 aromatic heterocycles. The van der Waals surface area contributed by atoms with Crippen molar-refractivity contribution in [1.29, 1.82) is 5.26 Å². The minimum Gasteiger partial charge on any atom is -0.468 e. The van der Waals surface area contributed by atoms with Crippen LogP contribution in [0.5, 0.6) is 0 Å². The minimum atomic E-state index is -0.830. The smallest absolute Gasteiger partial charge is 0.337 e. The number of nitrogens with zero attached hydrogens (tertiary/aromatic N) is 1. The molecule has 3 aromatic rings. The van der Waals surface area contributed by atoms with Crippen LogP contribution in [0.3, 0.4) is 0 Å². The molecule has 0 unspecified atom stereocenters. The lowest BCUT2D eigenvalue weighted by Gasteiger charge is -2.29. The summed E-state index contributed by atoms with van der Waals surface area (Å²) in [5.41, 5.74) is 2.05. The molecular weight excluding hydrogens is 533 g/mol. The van der Waals surface area contributed by atoms with E-state index in [0.29, 0.717) is 37.8 Å². The van der Waals surface area contributed by atoms with Gasteiger partial charge in [0, 0.05) is 5.02 Å². The van der Waals surface area contributed by atoms with Gasteiger partial charge in [-0.2, -0.15) is 5.26 Å². The van der Waals surface area contributed by atoms with Gasteiger partial charge in [-0.25, -0.2) is 4.79 Å². The summed E-state index contributed by atoms with van der Waals surface area (Å²) in [4.78, 5) is 26.0. The van der Waals surface area contributed by atoms with Gasteiger partial charge in [-0.05, 0) is 42.8 Å². The molecule has 0 bridgehead atoms. The van der Waals surface area contributed by atoms with Gasteiger partial charge in [0.1, 0.15) is 5.76 Å². The zero-order chi connectivity index (χ0) is 26.4. The monoisotopic (exact) mass is 553 g/mol. The number of halogens is 2. The number of rotatable bonds is 8. The number of carbonyl (C=O) groups is 2. The maximum Gasteiger partial charge on any atom is 0.337 e. The number of allylic oxidation sites excluding steroid dienone is 1. The first kappa shape index (κ1) is 26.4. The number of hydrogen-bond acceptors (Lipinski definition) is 7. The second-order valence-electron chi connectivity index (χ2n) is 7.76. The number of hydrogen-bond donors (Lipinski definition) is 2. The second-order valence-corrected chi connectivity index (χ2v) is 9.59. The van der Waals surface area contributed by atoms with Crippen molar-refractivity contribution in [2.75, 3.05) is 17.7 Å². The Morgan fingerprint density at radius 1 is 1.16 bits per heavy atom. The summed E-state index contributed by atoms with van der Waals surface area (Å²) >= 11 is 13.3. The summed E-state index contributed by atoms with van der Waals surface area (Å²) in [6, 6.07) is 19.6. The molecule has 0 aliphatic carbocycles. The van der Waals surface area contributed by atoms with Crippen molar-refractivity contribution < 1.29 is 18.7 Å². The van der Waals surface area contributed by atoms with Crippen LogP contribution in [0.1, 0.15) is 24.2 Å². The standard InChI is InChI=1S/C27H21Cl2N3O4S/c1-2-35-27(34)24-23(21-9-6-12-36-21)18(14-30)26(32-25(24)16-7-4-3-5-8-16)37-15-22(33)31-20-13-17(28)10-11-19(20)29/h3-13,23,32H,2,15H2,1H3,(H,31,33)/t23-/m0/s1. The predicted octanol–water partition coefficient (Wildman–Crippen LogP) is 6.35. The van der Waals surface area contributed by atoms with Crippen LogP contribution >= 0.6 is 35.0 Å². The quantitative estimate of drug-likeness (QED) is 0.313. The molecule has 1 aliphatic rings. The van der Waals surface area contributed by atoms with Crippen molar-refractivity contribution in [3.63, 3.8) is 0 Å². The Hall–Kier alpha value is -3.64. The number of dihydropyridines is 1. The normalized spacial score (nSPS) is 15.1. The van der Waals surface area contributed by atoms with E-state index in [-0.39, 0.29) is 29.4 Å². The Morgan fingerprint density at radius 2 is 1.95 bits per heavy atom. The van der Waals surface area contributed by atoms with Gasteiger partial charge in [-0.1, -0.05) is 65.3 Å². The molecule has 1 aliphatic heterocycles. The van der Waals surface area contributed by atoms with Crippen molar-refractivity contribution in [2.24, 2.45) is 0 Å². The summed E-state index contributed by atoms with van der Waals surface area (Å²) < 4.78 is 11.0. The fraction of sp³-hybridized carbons (Fsp3) is 0.148. The summed E-state index contributed by atoms with van der Waals surface area (Å²) in [6.07, 6.45) is 1.48. The lowest BCUT2D eigenvalue weighted by molar-refractivity contribution is -0.138.